The Hall–Kier alpha value is -0.860. The Balaban J connectivity index is 2.86. The molecule has 1 unspecified atom stereocenters. The van der Waals surface area contributed by atoms with Gasteiger partial charge >= 0.3 is 0 Å². The highest BCUT2D eigenvalue weighted by molar-refractivity contribution is 5.28. The standard InChI is InChI=1S/C15H25NO/c1-11(2)16-15(4,5)14-9-7-13(8-10-14)12(3)17-6/h7-12,16H,1-6H3. The van der Waals surface area contributed by atoms with Crippen molar-refractivity contribution in [1.29, 1.82) is 0 Å². The van der Waals surface area contributed by atoms with Crippen LogP contribution >= 0.6 is 0 Å². The maximum atomic E-state index is 5.31. The Morgan fingerprint density at radius 2 is 1.59 bits per heavy atom. The average Bonchev–Trinajstić information content (AvgIpc) is 2.26. The van der Waals surface area contributed by atoms with Gasteiger partial charge in [-0.15, -0.1) is 0 Å². The summed E-state index contributed by atoms with van der Waals surface area (Å²) in [5.74, 6) is 0. The summed E-state index contributed by atoms with van der Waals surface area (Å²) in [6.07, 6.45) is 0.158. The molecule has 0 aliphatic heterocycles. The molecule has 0 radical (unpaired) electrons. The Morgan fingerprint density at radius 3 is 2.00 bits per heavy atom. The van der Waals surface area contributed by atoms with E-state index in [1.165, 1.54) is 11.1 Å². The predicted molar refractivity (Wildman–Crippen MR) is 73.2 cm³/mol. The van der Waals surface area contributed by atoms with E-state index >= 15 is 0 Å². The normalized spacial score (nSPS) is 14.1. The highest BCUT2D eigenvalue weighted by Crippen LogP contribution is 2.23. The van der Waals surface area contributed by atoms with Crippen LogP contribution in [-0.4, -0.2) is 13.2 Å². The third-order valence-corrected chi connectivity index (χ3v) is 3.10. The van der Waals surface area contributed by atoms with Crippen molar-refractivity contribution in [2.45, 2.75) is 52.3 Å². The number of hydrogen-bond acceptors (Lipinski definition) is 2. The first-order valence-electron chi connectivity index (χ1n) is 6.27. The number of benzene rings is 1. The molecule has 1 N–H and O–H groups in total. The molecule has 1 aromatic rings. The summed E-state index contributed by atoms with van der Waals surface area (Å²) in [7, 11) is 1.74. The van der Waals surface area contributed by atoms with E-state index in [0.29, 0.717) is 6.04 Å². The van der Waals surface area contributed by atoms with Crippen molar-refractivity contribution in [2.24, 2.45) is 0 Å². The average molecular weight is 235 g/mol. The minimum absolute atomic E-state index is 0.00298. The molecule has 0 fully saturated rings. The second-order valence-electron chi connectivity index (χ2n) is 5.42. The molecule has 0 amide bonds. The van der Waals surface area contributed by atoms with Gasteiger partial charge in [-0.05, 0) is 31.9 Å². The number of nitrogens with one attached hydrogen (secondary N) is 1. The lowest BCUT2D eigenvalue weighted by molar-refractivity contribution is 0.119. The lowest BCUT2D eigenvalue weighted by Crippen LogP contribution is -2.40. The highest BCUT2D eigenvalue weighted by atomic mass is 16.5. The van der Waals surface area contributed by atoms with E-state index in [0.717, 1.165) is 0 Å². The maximum Gasteiger partial charge on any atom is 0.0793 e. The van der Waals surface area contributed by atoms with E-state index in [-0.39, 0.29) is 11.6 Å². The molecule has 0 heterocycles. The molecule has 1 aromatic carbocycles. The fraction of sp³-hybridized carbons (Fsp3) is 0.600. The maximum absolute atomic E-state index is 5.31. The summed E-state index contributed by atoms with van der Waals surface area (Å²) < 4.78 is 5.31. The lowest BCUT2D eigenvalue weighted by Gasteiger charge is -2.29. The molecular formula is C15H25NO. The Labute approximate surface area is 105 Å². The molecule has 2 heteroatoms. The smallest absolute Gasteiger partial charge is 0.0793 e. The molecule has 2 nitrogen and oxygen atoms in total. The van der Waals surface area contributed by atoms with Crippen LogP contribution in [0.2, 0.25) is 0 Å². The van der Waals surface area contributed by atoms with Crippen LogP contribution in [0.15, 0.2) is 24.3 Å². The molecule has 1 atom stereocenters. The Kier molecular flexibility index (Phi) is 4.72. The summed E-state index contributed by atoms with van der Waals surface area (Å²) in [6.45, 7) is 10.8. The van der Waals surface area contributed by atoms with Gasteiger partial charge in [0.05, 0.1) is 6.10 Å². The molecular weight excluding hydrogens is 210 g/mol. The fourth-order valence-electron chi connectivity index (χ4n) is 2.11. The van der Waals surface area contributed by atoms with Gasteiger partial charge in [0.2, 0.25) is 0 Å². The summed E-state index contributed by atoms with van der Waals surface area (Å²) in [5, 5.41) is 3.57. The van der Waals surface area contributed by atoms with Crippen LogP contribution < -0.4 is 5.32 Å². The van der Waals surface area contributed by atoms with Crippen LogP contribution in [0, 0.1) is 0 Å². The van der Waals surface area contributed by atoms with Crippen LogP contribution in [-0.2, 0) is 10.3 Å². The van der Waals surface area contributed by atoms with E-state index < -0.39 is 0 Å². The molecule has 0 aliphatic carbocycles. The van der Waals surface area contributed by atoms with Crippen molar-refractivity contribution < 1.29 is 4.74 Å². The molecule has 0 aromatic heterocycles. The van der Waals surface area contributed by atoms with Crippen LogP contribution in [0.1, 0.15) is 51.8 Å². The first-order valence-corrected chi connectivity index (χ1v) is 6.27. The Bertz CT molecular complexity index is 340. The molecule has 0 bridgehead atoms. The highest BCUT2D eigenvalue weighted by Gasteiger charge is 2.20. The van der Waals surface area contributed by atoms with E-state index in [9.17, 15) is 0 Å². The summed E-state index contributed by atoms with van der Waals surface area (Å²) in [4.78, 5) is 0. The second kappa shape index (κ2) is 5.65. The topological polar surface area (TPSA) is 21.3 Å². The zero-order valence-electron chi connectivity index (χ0n) is 11.9. The molecule has 0 spiro atoms. The van der Waals surface area contributed by atoms with Crippen molar-refractivity contribution in [3.8, 4) is 0 Å². The summed E-state index contributed by atoms with van der Waals surface area (Å²) in [6, 6.07) is 9.13. The van der Waals surface area contributed by atoms with E-state index in [1.54, 1.807) is 7.11 Å². The fourth-order valence-corrected chi connectivity index (χ4v) is 2.11. The third-order valence-electron chi connectivity index (χ3n) is 3.10. The van der Waals surface area contributed by atoms with Crippen molar-refractivity contribution in [2.75, 3.05) is 7.11 Å². The molecule has 0 saturated carbocycles. The van der Waals surface area contributed by atoms with Crippen LogP contribution in [0.25, 0.3) is 0 Å². The Morgan fingerprint density at radius 1 is 1.06 bits per heavy atom. The first kappa shape index (κ1) is 14.2. The zero-order chi connectivity index (χ0) is 13.1. The summed E-state index contributed by atoms with van der Waals surface area (Å²) in [5.41, 5.74) is 2.53. The van der Waals surface area contributed by atoms with Gasteiger partial charge in [0.15, 0.2) is 0 Å². The zero-order valence-corrected chi connectivity index (χ0v) is 11.9. The predicted octanol–water partition coefficient (Wildman–Crippen LogP) is 3.63. The molecule has 96 valence electrons. The second-order valence-corrected chi connectivity index (χ2v) is 5.42. The molecule has 17 heavy (non-hydrogen) atoms. The van der Waals surface area contributed by atoms with Gasteiger partial charge in [-0.25, -0.2) is 0 Å². The van der Waals surface area contributed by atoms with E-state index in [2.05, 4.69) is 64.2 Å². The van der Waals surface area contributed by atoms with Gasteiger partial charge in [-0.3, -0.25) is 0 Å². The van der Waals surface area contributed by atoms with Crippen molar-refractivity contribution in [3.05, 3.63) is 35.4 Å². The van der Waals surface area contributed by atoms with Crippen LogP contribution in [0.5, 0.6) is 0 Å². The minimum atomic E-state index is 0.00298. The van der Waals surface area contributed by atoms with Gasteiger partial charge in [0.1, 0.15) is 0 Å². The minimum Gasteiger partial charge on any atom is -0.377 e. The van der Waals surface area contributed by atoms with E-state index in [1.807, 2.05) is 0 Å². The lowest BCUT2D eigenvalue weighted by atomic mass is 9.92. The SMILES string of the molecule is COC(C)c1ccc(C(C)(C)NC(C)C)cc1. The molecule has 0 saturated heterocycles. The van der Waals surface area contributed by atoms with Crippen molar-refractivity contribution in [3.63, 3.8) is 0 Å². The van der Waals surface area contributed by atoms with E-state index in [4.69, 9.17) is 4.74 Å². The monoisotopic (exact) mass is 235 g/mol. The number of ether oxygens (including phenoxy) is 1. The third kappa shape index (κ3) is 3.83. The summed E-state index contributed by atoms with van der Waals surface area (Å²) >= 11 is 0. The quantitative estimate of drug-likeness (QED) is 0.841. The molecule has 1 rings (SSSR count). The van der Waals surface area contributed by atoms with Gasteiger partial charge < -0.3 is 10.1 Å². The number of hydrogen-bond donors (Lipinski definition) is 1. The van der Waals surface area contributed by atoms with Gasteiger partial charge in [0, 0.05) is 18.7 Å². The van der Waals surface area contributed by atoms with Gasteiger partial charge in [-0.2, -0.15) is 0 Å². The van der Waals surface area contributed by atoms with Crippen LogP contribution in [0.3, 0.4) is 0 Å². The largest absolute Gasteiger partial charge is 0.377 e. The molecule has 0 aliphatic rings. The van der Waals surface area contributed by atoms with Crippen molar-refractivity contribution in [1.82, 2.24) is 5.32 Å². The van der Waals surface area contributed by atoms with Crippen LogP contribution in [0.4, 0.5) is 0 Å². The van der Waals surface area contributed by atoms with Crippen molar-refractivity contribution >= 4 is 0 Å². The number of rotatable bonds is 5. The number of methoxy groups -OCH3 is 1. The van der Waals surface area contributed by atoms with Gasteiger partial charge in [-0.1, -0.05) is 38.1 Å². The van der Waals surface area contributed by atoms with Gasteiger partial charge in [0.25, 0.3) is 0 Å². The first-order chi connectivity index (χ1) is 7.86.